The van der Waals surface area contributed by atoms with E-state index >= 15 is 0 Å². The second kappa shape index (κ2) is 7.76. The molecule has 30 heavy (non-hydrogen) atoms. The van der Waals surface area contributed by atoms with Gasteiger partial charge in [-0.3, -0.25) is 8.37 Å². The summed E-state index contributed by atoms with van der Waals surface area (Å²) in [5.41, 5.74) is -13.0. The number of hydrogen-bond acceptors (Lipinski definition) is 6. The molecule has 0 aliphatic heterocycles. The number of hydrogen-bond donors (Lipinski definition) is 0. The van der Waals surface area contributed by atoms with Gasteiger partial charge in [0.25, 0.3) is 0 Å². The van der Waals surface area contributed by atoms with E-state index in [-0.39, 0.29) is 0 Å². The molecule has 0 aromatic carbocycles. The van der Waals surface area contributed by atoms with Crippen LogP contribution in [0.4, 0.5) is 61.5 Å². The lowest BCUT2D eigenvalue weighted by Gasteiger charge is -2.36. The van der Waals surface area contributed by atoms with Gasteiger partial charge >= 0.3 is 54.9 Å². The van der Waals surface area contributed by atoms with Crippen LogP contribution in [0.2, 0.25) is 0 Å². The van der Waals surface area contributed by atoms with Gasteiger partial charge in [0.05, 0.1) is 0 Å². The van der Waals surface area contributed by atoms with E-state index in [1.807, 2.05) is 0 Å². The maximum atomic E-state index is 13.2. The van der Waals surface area contributed by atoms with Crippen molar-refractivity contribution < 1.29 is 86.7 Å². The van der Waals surface area contributed by atoms with Crippen LogP contribution in [0.3, 0.4) is 0 Å². The summed E-state index contributed by atoms with van der Waals surface area (Å²) < 4.78 is 223. The zero-order valence-electron chi connectivity index (χ0n) is 13.0. The molecule has 0 spiro atoms. The van der Waals surface area contributed by atoms with Crippen molar-refractivity contribution in [3.8, 4) is 0 Å². The van der Waals surface area contributed by atoms with Gasteiger partial charge in [-0.05, 0) is 0 Å². The van der Waals surface area contributed by atoms with Crippen molar-refractivity contribution >= 4 is 20.2 Å². The summed E-state index contributed by atoms with van der Waals surface area (Å²) in [6, 6.07) is 0. The molecule has 0 rings (SSSR count). The van der Waals surface area contributed by atoms with Gasteiger partial charge in [0.1, 0.15) is 13.2 Å². The standard InChI is InChI=1S/C8H4F14O6S2/c9-3(10,1-27-29(23,24)7(17,18)19)5(13,14)6(15,16)4(11,12)2-28-30(25,26)8(20,21)22/h1-2H2. The van der Waals surface area contributed by atoms with E-state index in [4.69, 9.17) is 0 Å². The fourth-order valence-corrected chi connectivity index (χ4v) is 1.95. The highest BCUT2D eigenvalue weighted by molar-refractivity contribution is 7.87. The van der Waals surface area contributed by atoms with Gasteiger partial charge < -0.3 is 0 Å². The molecule has 22 heteroatoms. The highest BCUT2D eigenvalue weighted by Crippen LogP contribution is 2.53. The Hall–Kier alpha value is -1.16. The van der Waals surface area contributed by atoms with Crippen LogP contribution in [0.1, 0.15) is 0 Å². The largest absolute Gasteiger partial charge is 0.523 e. The minimum atomic E-state index is -7.50. The van der Waals surface area contributed by atoms with Gasteiger partial charge in [0, 0.05) is 0 Å². The molecule has 6 nitrogen and oxygen atoms in total. The third-order valence-corrected chi connectivity index (χ3v) is 4.66. The highest BCUT2D eigenvalue weighted by atomic mass is 32.2. The molecular formula is C8H4F14O6S2. The predicted molar refractivity (Wildman–Crippen MR) is 61.6 cm³/mol. The Morgan fingerprint density at radius 1 is 0.467 bits per heavy atom. The van der Waals surface area contributed by atoms with E-state index in [1.165, 1.54) is 0 Å². The molecule has 0 unspecified atom stereocenters. The van der Waals surface area contributed by atoms with Gasteiger partial charge in [-0.1, -0.05) is 0 Å². The fraction of sp³-hybridized carbons (Fsp3) is 1.00. The molecule has 0 heterocycles. The highest BCUT2D eigenvalue weighted by Gasteiger charge is 2.81. The molecule has 182 valence electrons. The lowest BCUT2D eigenvalue weighted by molar-refractivity contribution is -0.371. The normalized spacial score (nSPS) is 16.1. The molecule has 0 saturated heterocycles. The average molecular weight is 526 g/mol. The summed E-state index contributed by atoms with van der Waals surface area (Å²) in [4.78, 5) is 0. The molecular weight excluding hydrogens is 522 g/mol. The maximum Gasteiger partial charge on any atom is 0.523 e. The lowest BCUT2D eigenvalue weighted by Crippen LogP contribution is -2.64. The topological polar surface area (TPSA) is 86.7 Å². The zero-order valence-corrected chi connectivity index (χ0v) is 14.6. The van der Waals surface area contributed by atoms with Crippen LogP contribution in [0.15, 0.2) is 0 Å². The zero-order chi connectivity index (χ0) is 24.8. The van der Waals surface area contributed by atoms with E-state index < -0.39 is 68.2 Å². The van der Waals surface area contributed by atoms with Gasteiger partial charge in [0.2, 0.25) is 0 Å². The third kappa shape index (κ3) is 5.36. The van der Waals surface area contributed by atoms with E-state index in [1.54, 1.807) is 0 Å². The van der Waals surface area contributed by atoms with Crippen molar-refractivity contribution in [2.75, 3.05) is 13.2 Å². The molecule has 0 radical (unpaired) electrons. The van der Waals surface area contributed by atoms with Crippen LogP contribution >= 0.6 is 0 Å². The molecule has 0 aliphatic rings. The first-order valence-electron chi connectivity index (χ1n) is 6.09. The van der Waals surface area contributed by atoms with Gasteiger partial charge in [-0.15, -0.1) is 0 Å². The second-order valence-electron chi connectivity index (χ2n) is 4.88. The van der Waals surface area contributed by atoms with Crippen molar-refractivity contribution in [1.82, 2.24) is 0 Å². The van der Waals surface area contributed by atoms with Gasteiger partial charge in [-0.25, -0.2) is 0 Å². The summed E-state index contributed by atoms with van der Waals surface area (Å²) in [6.45, 7) is -7.54. The quantitative estimate of drug-likeness (QED) is 0.261. The smallest absolute Gasteiger partial charge is 0.257 e. The maximum absolute atomic E-state index is 13.2. The Kier molecular flexibility index (Phi) is 7.46. The van der Waals surface area contributed by atoms with E-state index in [0.29, 0.717) is 0 Å². The molecule has 0 aromatic heterocycles. The van der Waals surface area contributed by atoms with Crippen LogP contribution in [0.25, 0.3) is 0 Å². The summed E-state index contributed by atoms with van der Waals surface area (Å²) in [7, 11) is -14.2. The van der Waals surface area contributed by atoms with Crippen LogP contribution in [-0.4, -0.2) is 64.8 Å². The minimum Gasteiger partial charge on any atom is -0.257 e. The second-order valence-corrected chi connectivity index (χ2v) is 8.10. The Labute approximate surface area is 156 Å². The molecule has 0 bridgehead atoms. The first-order chi connectivity index (χ1) is 12.7. The summed E-state index contributed by atoms with van der Waals surface area (Å²) in [5.74, 6) is -28.6. The SMILES string of the molecule is O=S(=O)(OCC(F)(F)C(F)(F)C(F)(F)C(F)(F)COS(=O)(=O)C(F)(F)F)C(F)(F)F. The molecule has 0 aromatic rings. The first kappa shape index (κ1) is 28.8. The van der Waals surface area contributed by atoms with Gasteiger partial charge in [0.15, 0.2) is 0 Å². The average Bonchev–Trinajstić information content (AvgIpc) is 2.48. The first-order valence-corrected chi connectivity index (χ1v) is 8.90. The molecule has 0 N–H and O–H groups in total. The van der Waals surface area contributed by atoms with E-state index in [0.717, 1.165) is 0 Å². The van der Waals surface area contributed by atoms with Crippen molar-refractivity contribution in [2.45, 2.75) is 34.7 Å². The van der Waals surface area contributed by atoms with Crippen LogP contribution in [0, 0.1) is 0 Å². The Balaban J connectivity index is 5.81. The molecule has 0 fully saturated rings. The Morgan fingerprint density at radius 2 is 0.667 bits per heavy atom. The molecule has 0 aliphatic carbocycles. The van der Waals surface area contributed by atoms with Crippen LogP contribution in [-0.2, 0) is 28.6 Å². The fourth-order valence-electron chi connectivity index (χ4n) is 1.08. The summed E-state index contributed by atoms with van der Waals surface area (Å²) in [5, 5.41) is 0. The Bertz CT molecular complexity index is 753. The van der Waals surface area contributed by atoms with Crippen molar-refractivity contribution in [1.29, 1.82) is 0 Å². The number of alkyl halides is 14. The molecule has 0 atom stereocenters. The van der Waals surface area contributed by atoms with E-state index in [9.17, 15) is 78.3 Å². The molecule has 0 amide bonds. The number of halogens is 14. The minimum absolute atomic E-state index is 2.37. The van der Waals surface area contributed by atoms with E-state index in [2.05, 4.69) is 8.37 Å². The van der Waals surface area contributed by atoms with Gasteiger partial charge in [-0.2, -0.15) is 78.3 Å². The van der Waals surface area contributed by atoms with Crippen LogP contribution in [0.5, 0.6) is 0 Å². The summed E-state index contributed by atoms with van der Waals surface area (Å²) >= 11 is 0. The van der Waals surface area contributed by atoms with Crippen molar-refractivity contribution in [3.63, 3.8) is 0 Å². The Morgan fingerprint density at radius 3 is 0.833 bits per heavy atom. The predicted octanol–water partition coefficient (Wildman–Crippen LogP) is 3.26. The lowest BCUT2D eigenvalue weighted by atomic mass is 9.99. The number of rotatable bonds is 9. The summed E-state index contributed by atoms with van der Waals surface area (Å²) in [6.07, 6.45) is 0. The van der Waals surface area contributed by atoms with Crippen molar-refractivity contribution in [3.05, 3.63) is 0 Å². The van der Waals surface area contributed by atoms with Crippen LogP contribution < -0.4 is 0 Å². The third-order valence-electron chi connectivity index (χ3n) is 2.67. The van der Waals surface area contributed by atoms with Crippen molar-refractivity contribution in [2.24, 2.45) is 0 Å². The monoisotopic (exact) mass is 526 g/mol. The molecule has 0 saturated carbocycles.